The second kappa shape index (κ2) is 11.6. The summed E-state index contributed by atoms with van der Waals surface area (Å²) in [7, 11) is 3.91. The Kier molecular flexibility index (Phi) is 8.55. The van der Waals surface area contributed by atoms with Gasteiger partial charge in [-0.1, -0.05) is 54.1 Å². The van der Waals surface area contributed by atoms with Gasteiger partial charge < -0.3 is 20.4 Å². The van der Waals surface area contributed by atoms with E-state index in [1.54, 1.807) is 12.1 Å². The van der Waals surface area contributed by atoms with E-state index in [0.29, 0.717) is 29.4 Å². The van der Waals surface area contributed by atoms with Crippen molar-refractivity contribution in [2.75, 3.05) is 30.9 Å². The number of nitrogens with zero attached hydrogens (tertiary/aromatic N) is 2. The first-order valence-electron chi connectivity index (χ1n) is 11.3. The fraction of sp³-hybridized carbons (Fsp3) is 0.259. The molecule has 0 bridgehead atoms. The molecule has 0 aliphatic heterocycles. The van der Waals surface area contributed by atoms with Gasteiger partial charge in [0, 0.05) is 38.6 Å². The van der Waals surface area contributed by atoms with E-state index >= 15 is 0 Å². The molecule has 0 radical (unpaired) electrons. The molecular weight excluding hydrogens is 448 g/mol. The summed E-state index contributed by atoms with van der Waals surface area (Å²) in [4.78, 5) is 29.6. The minimum atomic E-state index is -0.271. The highest BCUT2D eigenvalue weighted by Crippen LogP contribution is 2.31. The fourth-order valence-electron chi connectivity index (χ4n) is 3.83. The number of carbonyl (C=O) groups excluding carboxylic acids is 2. The zero-order chi connectivity index (χ0) is 24.7. The molecule has 0 aliphatic rings. The summed E-state index contributed by atoms with van der Waals surface area (Å²) >= 11 is 6.40. The predicted octanol–water partition coefficient (Wildman–Crippen LogP) is 5.95. The fourth-order valence-corrected chi connectivity index (χ4v) is 4.05. The van der Waals surface area contributed by atoms with E-state index in [-0.39, 0.29) is 18.0 Å². The molecule has 0 saturated carbocycles. The van der Waals surface area contributed by atoms with Gasteiger partial charge in [0.1, 0.15) is 0 Å². The van der Waals surface area contributed by atoms with Gasteiger partial charge in [0.15, 0.2) is 0 Å². The smallest absolute Gasteiger partial charge is 0.319 e. The molecule has 0 saturated heterocycles. The van der Waals surface area contributed by atoms with Crippen LogP contribution < -0.4 is 15.5 Å². The van der Waals surface area contributed by atoms with Crippen molar-refractivity contribution < 1.29 is 9.59 Å². The number of halogens is 1. The third-order valence-electron chi connectivity index (χ3n) is 5.61. The molecule has 0 aromatic heterocycles. The average Bonchev–Trinajstić information content (AvgIpc) is 2.82. The van der Waals surface area contributed by atoms with Crippen LogP contribution in [-0.2, 0) is 6.54 Å². The van der Waals surface area contributed by atoms with Crippen LogP contribution in [0.15, 0.2) is 72.8 Å². The van der Waals surface area contributed by atoms with Gasteiger partial charge in [-0.2, -0.15) is 0 Å². The van der Waals surface area contributed by atoms with Crippen LogP contribution in [-0.4, -0.2) is 37.5 Å². The molecule has 3 rings (SSSR count). The van der Waals surface area contributed by atoms with E-state index in [4.69, 9.17) is 11.6 Å². The van der Waals surface area contributed by atoms with E-state index in [2.05, 4.69) is 10.6 Å². The van der Waals surface area contributed by atoms with E-state index in [0.717, 1.165) is 16.8 Å². The molecule has 0 fully saturated rings. The topological polar surface area (TPSA) is 64.7 Å². The molecular formula is C27H31ClN4O2. The zero-order valence-electron chi connectivity index (χ0n) is 20.0. The summed E-state index contributed by atoms with van der Waals surface area (Å²) in [5, 5.41) is 6.01. The third kappa shape index (κ3) is 6.08. The molecule has 0 heterocycles. The van der Waals surface area contributed by atoms with Crippen LogP contribution in [0, 0.1) is 0 Å². The Labute approximate surface area is 206 Å². The Bertz CT molecular complexity index is 1130. The Morgan fingerprint density at radius 2 is 1.65 bits per heavy atom. The molecule has 6 nitrogen and oxygen atoms in total. The van der Waals surface area contributed by atoms with Crippen molar-refractivity contribution in [2.45, 2.75) is 26.4 Å². The van der Waals surface area contributed by atoms with Crippen molar-refractivity contribution in [2.24, 2.45) is 0 Å². The summed E-state index contributed by atoms with van der Waals surface area (Å²) in [6, 6.07) is 22.2. The lowest BCUT2D eigenvalue weighted by Gasteiger charge is -2.32. The van der Waals surface area contributed by atoms with E-state index in [1.807, 2.05) is 98.4 Å². The molecule has 3 aromatic carbocycles. The monoisotopic (exact) mass is 478 g/mol. The molecule has 34 heavy (non-hydrogen) atoms. The normalized spacial score (nSPS) is 11.4. The van der Waals surface area contributed by atoms with Crippen molar-refractivity contribution in [3.8, 4) is 0 Å². The maximum absolute atomic E-state index is 13.8. The lowest BCUT2D eigenvalue weighted by atomic mass is 10.0. The largest absolute Gasteiger partial charge is 0.377 e. The van der Waals surface area contributed by atoms with Crippen LogP contribution in [0.5, 0.6) is 0 Å². The van der Waals surface area contributed by atoms with Gasteiger partial charge in [0.25, 0.3) is 5.91 Å². The van der Waals surface area contributed by atoms with Gasteiger partial charge in [-0.05, 0) is 55.3 Å². The predicted molar refractivity (Wildman–Crippen MR) is 140 cm³/mol. The Hall–Kier alpha value is -3.51. The van der Waals surface area contributed by atoms with Crippen LogP contribution >= 0.6 is 11.6 Å². The van der Waals surface area contributed by atoms with Gasteiger partial charge in [-0.15, -0.1) is 0 Å². The molecule has 2 N–H and O–H groups in total. The Morgan fingerprint density at radius 3 is 2.29 bits per heavy atom. The van der Waals surface area contributed by atoms with Gasteiger partial charge >= 0.3 is 6.03 Å². The lowest BCUT2D eigenvalue weighted by Crippen LogP contribution is -2.34. The first-order chi connectivity index (χ1) is 16.3. The second-order valence-electron chi connectivity index (χ2n) is 8.22. The van der Waals surface area contributed by atoms with Gasteiger partial charge in [0.05, 0.1) is 16.6 Å². The summed E-state index contributed by atoms with van der Waals surface area (Å²) < 4.78 is 0. The van der Waals surface area contributed by atoms with Crippen LogP contribution in [0.1, 0.15) is 41.4 Å². The number of rotatable bonds is 8. The molecule has 0 unspecified atom stereocenters. The van der Waals surface area contributed by atoms with E-state index < -0.39 is 0 Å². The van der Waals surface area contributed by atoms with E-state index in [1.165, 1.54) is 0 Å². The number of nitrogens with one attached hydrogen (secondary N) is 2. The first kappa shape index (κ1) is 25.1. The number of anilines is 2. The number of carbonyl (C=O) groups is 2. The van der Waals surface area contributed by atoms with Crippen LogP contribution in [0.2, 0.25) is 5.02 Å². The quantitative estimate of drug-likeness (QED) is 0.420. The standard InChI is InChI=1S/C27H31ClN4O2/c1-5-29-27(34)30-22-15-16-25(31(3)4)21(17-22)18-32(19(2)20-11-7-6-8-12-20)26(33)23-13-9-10-14-24(23)28/h6-17,19H,5,18H2,1-4H3,(H2,29,30,34)/t19-/m0/s1. The minimum absolute atomic E-state index is 0.159. The molecule has 3 amide bonds. The van der Waals surface area contributed by atoms with Crippen molar-refractivity contribution >= 4 is 34.9 Å². The molecule has 3 aromatic rings. The zero-order valence-corrected chi connectivity index (χ0v) is 20.8. The number of urea groups is 1. The highest BCUT2D eigenvalue weighted by Gasteiger charge is 2.26. The molecule has 7 heteroatoms. The summed E-state index contributed by atoms with van der Waals surface area (Å²) in [6.45, 7) is 4.74. The highest BCUT2D eigenvalue weighted by atomic mass is 35.5. The Balaban J connectivity index is 2.03. The number of hydrogen-bond donors (Lipinski definition) is 2. The molecule has 0 aliphatic carbocycles. The summed E-state index contributed by atoms with van der Waals surface area (Å²) in [6.07, 6.45) is 0. The maximum Gasteiger partial charge on any atom is 0.319 e. The van der Waals surface area contributed by atoms with Crippen LogP contribution in [0.4, 0.5) is 16.2 Å². The van der Waals surface area contributed by atoms with Gasteiger partial charge in [-0.25, -0.2) is 4.79 Å². The van der Waals surface area contributed by atoms with Crippen molar-refractivity contribution in [1.82, 2.24) is 10.2 Å². The first-order valence-corrected chi connectivity index (χ1v) is 11.6. The number of amides is 3. The van der Waals surface area contributed by atoms with Crippen LogP contribution in [0.25, 0.3) is 0 Å². The molecule has 0 spiro atoms. The lowest BCUT2D eigenvalue weighted by molar-refractivity contribution is 0.0674. The third-order valence-corrected chi connectivity index (χ3v) is 5.94. The van der Waals surface area contributed by atoms with Crippen molar-refractivity contribution in [3.63, 3.8) is 0 Å². The van der Waals surface area contributed by atoms with E-state index in [9.17, 15) is 9.59 Å². The van der Waals surface area contributed by atoms with Crippen molar-refractivity contribution in [3.05, 3.63) is 94.5 Å². The number of benzene rings is 3. The average molecular weight is 479 g/mol. The highest BCUT2D eigenvalue weighted by molar-refractivity contribution is 6.33. The van der Waals surface area contributed by atoms with Gasteiger partial charge in [-0.3, -0.25) is 4.79 Å². The van der Waals surface area contributed by atoms with Crippen molar-refractivity contribution in [1.29, 1.82) is 0 Å². The summed E-state index contributed by atoms with van der Waals surface area (Å²) in [5.41, 5.74) is 3.99. The number of hydrogen-bond acceptors (Lipinski definition) is 3. The maximum atomic E-state index is 13.8. The van der Waals surface area contributed by atoms with Gasteiger partial charge in [0.2, 0.25) is 0 Å². The molecule has 178 valence electrons. The Morgan fingerprint density at radius 1 is 0.971 bits per heavy atom. The minimum Gasteiger partial charge on any atom is -0.377 e. The second-order valence-corrected chi connectivity index (χ2v) is 8.63. The SMILES string of the molecule is CCNC(=O)Nc1ccc(N(C)C)c(CN(C(=O)c2ccccc2Cl)[C@@H](C)c2ccccc2)c1. The van der Waals surface area contributed by atoms with Crippen LogP contribution in [0.3, 0.4) is 0 Å². The molecule has 1 atom stereocenters. The summed E-state index contributed by atoms with van der Waals surface area (Å²) in [5.74, 6) is -0.159.